The maximum Gasteiger partial charge on any atom is 0.429 e. The minimum Gasteiger partial charge on any atom is -0.481 e. The normalized spacial score (nSPS) is 16.7. The van der Waals surface area contributed by atoms with E-state index in [4.69, 9.17) is 9.47 Å². The number of unbranched alkanes of at least 4 members (excludes halogenated alkanes) is 2. The van der Waals surface area contributed by atoms with Crippen molar-refractivity contribution in [2.45, 2.75) is 63.8 Å². The number of halogens is 6. The summed E-state index contributed by atoms with van der Waals surface area (Å²) in [4.78, 5) is 0. The van der Waals surface area contributed by atoms with Crippen LogP contribution in [0.5, 0.6) is 11.5 Å². The summed E-state index contributed by atoms with van der Waals surface area (Å²) in [7, 11) is 0. The van der Waals surface area contributed by atoms with E-state index in [1.165, 1.54) is 12.1 Å². The number of alkyl halides is 5. The van der Waals surface area contributed by atoms with Crippen molar-refractivity contribution >= 4 is 0 Å². The van der Waals surface area contributed by atoms with E-state index < -0.39 is 29.8 Å². The van der Waals surface area contributed by atoms with Gasteiger partial charge in [-0.25, -0.2) is 4.39 Å². The molecule has 2 aromatic carbocycles. The molecule has 1 aliphatic heterocycles. The van der Waals surface area contributed by atoms with Gasteiger partial charge in [0.1, 0.15) is 17.3 Å². The first-order chi connectivity index (χ1) is 14.1. The lowest BCUT2D eigenvalue weighted by Gasteiger charge is -2.28. The topological polar surface area (TPSA) is 18.5 Å². The Morgan fingerprint density at radius 3 is 2.47 bits per heavy atom. The molecule has 3 rings (SSSR count). The molecule has 2 nitrogen and oxygen atoms in total. The molecule has 2 aromatic rings. The predicted octanol–water partition coefficient (Wildman–Crippen LogP) is 6.94. The molecule has 0 amide bonds. The van der Waals surface area contributed by atoms with Gasteiger partial charge in [0.15, 0.2) is 6.10 Å². The predicted molar refractivity (Wildman–Crippen MR) is 99.4 cm³/mol. The van der Waals surface area contributed by atoms with Gasteiger partial charge in [-0.15, -0.1) is 0 Å². The molecule has 1 unspecified atom stereocenters. The first-order valence-electron chi connectivity index (χ1n) is 9.82. The smallest absolute Gasteiger partial charge is 0.429 e. The Hall–Kier alpha value is -2.38. The first-order valence-corrected chi connectivity index (χ1v) is 9.82. The highest BCUT2D eigenvalue weighted by atomic mass is 19.4. The van der Waals surface area contributed by atoms with Crippen molar-refractivity contribution in [1.29, 1.82) is 0 Å². The van der Waals surface area contributed by atoms with Gasteiger partial charge in [-0.1, -0.05) is 25.8 Å². The Labute approximate surface area is 170 Å². The molecule has 1 aliphatic rings. The molecule has 0 saturated carbocycles. The van der Waals surface area contributed by atoms with Gasteiger partial charge in [-0.3, -0.25) is 0 Å². The van der Waals surface area contributed by atoms with Crippen LogP contribution in [0.4, 0.5) is 26.3 Å². The van der Waals surface area contributed by atoms with Crippen molar-refractivity contribution in [3.05, 3.63) is 58.9 Å². The SMILES string of the molecule is CCCCCc1ccc(C(F)(F)Oc2ccc3c(c2)CCC(C(F)(F)F)O3)c(F)c1. The molecule has 8 heteroatoms. The van der Waals surface area contributed by atoms with Gasteiger partial charge in [-0.05, 0) is 67.1 Å². The number of rotatable bonds is 7. The molecule has 1 atom stereocenters. The first kappa shape index (κ1) is 22.3. The summed E-state index contributed by atoms with van der Waals surface area (Å²) in [6.07, 6.45) is -7.28. The largest absolute Gasteiger partial charge is 0.481 e. The van der Waals surface area contributed by atoms with Crippen LogP contribution in [0.3, 0.4) is 0 Å². The van der Waals surface area contributed by atoms with Crippen LogP contribution in [0.15, 0.2) is 36.4 Å². The zero-order valence-corrected chi connectivity index (χ0v) is 16.4. The van der Waals surface area contributed by atoms with Crippen molar-refractivity contribution < 1.29 is 35.8 Å². The van der Waals surface area contributed by atoms with Gasteiger partial charge < -0.3 is 9.47 Å². The zero-order chi connectivity index (χ0) is 21.9. The van der Waals surface area contributed by atoms with E-state index in [-0.39, 0.29) is 24.3 Å². The molecule has 0 radical (unpaired) electrons. The average Bonchev–Trinajstić information content (AvgIpc) is 2.66. The number of benzene rings is 2. The van der Waals surface area contributed by atoms with Crippen LogP contribution < -0.4 is 9.47 Å². The molecule has 0 aliphatic carbocycles. The van der Waals surface area contributed by atoms with Gasteiger partial charge in [0.05, 0.1) is 5.56 Å². The lowest BCUT2D eigenvalue weighted by atomic mass is 10.0. The fourth-order valence-corrected chi connectivity index (χ4v) is 3.39. The molecule has 0 N–H and O–H groups in total. The van der Waals surface area contributed by atoms with E-state index in [1.807, 2.05) is 6.92 Å². The summed E-state index contributed by atoms with van der Waals surface area (Å²) >= 11 is 0. The number of fused-ring (bicyclic) bond motifs is 1. The Balaban J connectivity index is 1.73. The summed E-state index contributed by atoms with van der Waals surface area (Å²) in [6, 6.07) is 6.98. The van der Waals surface area contributed by atoms with Crippen molar-refractivity contribution in [3.63, 3.8) is 0 Å². The lowest BCUT2D eigenvalue weighted by molar-refractivity contribution is -0.199. The fraction of sp³-hybridized carbons (Fsp3) is 0.455. The Bertz CT molecular complexity index is 878. The standard InChI is InChI=1S/C22H22F6O2/c1-2-3-4-5-14-6-9-17(18(23)12-14)22(27,28)30-16-8-10-19-15(13-16)7-11-20(29-19)21(24,25)26/h6,8-10,12-13,20H,2-5,7,11H2,1H3. The van der Waals surface area contributed by atoms with E-state index in [0.717, 1.165) is 43.5 Å². The van der Waals surface area contributed by atoms with E-state index in [0.29, 0.717) is 17.5 Å². The van der Waals surface area contributed by atoms with Crippen molar-refractivity contribution in [1.82, 2.24) is 0 Å². The van der Waals surface area contributed by atoms with E-state index in [9.17, 15) is 26.3 Å². The molecule has 0 bridgehead atoms. The van der Waals surface area contributed by atoms with Crippen LogP contribution in [0.25, 0.3) is 0 Å². The highest BCUT2D eigenvalue weighted by Gasteiger charge is 2.43. The van der Waals surface area contributed by atoms with Gasteiger partial charge in [-0.2, -0.15) is 22.0 Å². The minimum atomic E-state index is -4.50. The molecule has 164 valence electrons. The summed E-state index contributed by atoms with van der Waals surface area (Å²) < 4.78 is 91.4. The summed E-state index contributed by atoms with van der Waals surface area (Å²) in [5.74, 6) is -1.37. The second-order valence-corrected chi connectivity index (χ2v) is 7.35. The fourth-order valence-electron chi connectivity index (χ4n) is 3.39. The molecule has 1 heterocycles. The van der Waals surface area contributed by atoms with E-state index >= 15 is 0 Å². The summed E-state index contributed by atoms with van der Waals surface area (Å²) in [6.45, 7) is 2.03. The van der Waals surface area contributed by atoms with Gasteiger partial charge in [0.25, 0.3) is 0 Å². The third-order valence-corrected chi connectivity index (χ3v) is 5.00. The zero-order valence-electron chi connectivity index (χ0n) is 16.4. The van der Waals surface area contributed by atoms with Crippen LogP contribution in [0.2, 0.25) is 0 Å². The van der Waals surface area contributed by atoms with Crippen LogP contribution in [0.1, 0.15) is 49.3 Å². The number of hydrogen-bond donors (Lipinski definition) is 0. The van der Waals surface area contributed by atoms with Crippen LogP contribution >= 0.6 is 0 Å². The van der Waals surface area contributed by atoms with Gasteiger partial charge >= 0.3 is 12.3 Å². The van der Waals surface area contributed by atoms with Gasteiger partial charge in [0.2, 0.25) is 0 Å². The van der Waals surface area contributed by atoms with Crippen molar-refractivity contribution in [3.8, 4) is 11.5 Å². The lowest BCUT2D eigenvalue weighted by Crippen LogP contribution is -2.37. The van der Waals surface area contributed by atoms with Crippen molar-refractivity contribution in [2.24, 2.45) is 0 Å². The molecule has 0 saturated heterocycles. The molecule has 30 heavy (non-hydrogen) atoms. The maximum absolute atomic E-state index is 14.5. The van der Waals surface area contributed by atoms with Crippen molar-refractivity contribution in [2.75, 3.05) is 0 Å². The minimum absolute atomic E-state index is 0.00307. The Morgan fingerprint density at radius 1 is 1.03 bits per heavy atom. The molecular formula is C22H22F6O2. The number of hydrogen-bond acceptors (Lipinski definition) is 2. The summed E-state index contributed by atoms with van der Waals surface area (Å²) in [5, 5.41) is 0. The van der Waals surface area contributed by atoms with E-state index in [2.05, 4.69) is 0 Å². The summed E-state index contributed by atoms with van der Waals surface area (Å²) in [5.41, 5.74) is 0.0639. The molecular weight excluding hydrogens is 410 g/mol. The van der Waals surface area contributed by atoms with Crippen LogP contribution in [0, 0.1) is 5.82 Å². The Kier molecular flexibility index (Phi) is 6.53. The van der Waals surface area contributed by atoms with Crippen LogP contribution in [-0.4, -0.2) is 12.3 Å². The number of ether oxygens (including phenoxy) is 2. The third kappa shape index (κ3) is 5.21. The maximum atomic E-state index is 14.5. The molecule has 0 spiro atoms. The highest BCUT2D eigenvalue weighted by molar-refractivity contribution is 5.42. The molecule has 0 fully saturated rings. The second-order valence-electron chi connectivity index (χ2n) is 7.35. The average molecular weight is 432 g/mol. The number of aryl methyl sites for hydroxylation is 2. The third-order valence-electron chi connectivity index (χ3n) is 5.00. The Morgan fingerprint density at radius 2 is 1.80 bits per heavy atom. The van der Waals surface area contributed by atoms with Gasteiger partial charge in [0, 0.05) is 0 Å². The van der Waals surface area contributed by atoms with E-state index in [1.54, 1.807) is 0 Å². The van der Waals surface area contributed by atoms with Crippen LogP contribution in [-0.2, 0) is 19.0 Å². The quantitative estimate of drug-likeness (QED) is 0.348. The second kappa shape index (κ2) is 8.78. The highest BCUT2D eigenvalue weighted by Crippen LogP contribution is 2.39. The monoisotopic (exact) mass is 432 g/mol. The molecule has 0 aromatic heterocycles.